The van der Waals surface area contributed by atoms with Crippen LogP contribution in [0.15, 0.2) is 18.2 Å². The summed E-state index contributed by atoms with van der Waals surface area (Å²) in [6.45, 7) is 0. The second kappa shape index (κ2) is 4.71. The van der Waals surface area contributed by atoms with Crippen LogP contribution in [0.4, 0.5) is 0 Å². The Morgan fingerprint density at radius 1 is 1.28 bits per heavy atom. The lowest BCUT2D eigenvalue weighted by Gasteiger charge is -2.07. The number of ether oxygens (including phenoxy) is 2. The lowest BCUT2D eigenvalue weighted by molar-refractivity contribution is 0.0595. The predicted octanol–water partition coefficient (Wildman–Crippen LogP) is -0.357. The van der Waals surface area contributed by atoms with Crippen LogP contribution in [0.2, 0.25) is 0 Å². The molecule has 0 saturated heterocycles. The van der Waals surface area contributed by atoms with Crippen molar-refractivity contribution in [3.8, 4) is 5.75 Å². The second-order valence-electron chi connectivity index (χ2n) is 3.73. The Morgan fingerprint density at radius 2 is 2.00 bits per heavy atom. The van der Waals surface area contributed by atoms with Gasteiger partial charge in [-0.3, -0.25) is 0 Å². The Morgan fingerprint density at radius 3 is 2.56 bits per heavy atom. The van der Waals surface area contributed by atoms with Gasteiger partial charge in [0, 0.05) is 22.4 Å². The third-order valence-corrected chi connectivity index (χ3v) is 2.65. The van der Waals surface area contributed by atoms with Crippen molar-refractivity contribution < 1.29 is 24.3 Å². The summed E-state index contributed by atoms with van der Waals surface area (Å²) in [7, 11) is 1.08. The third kappa shape index (κ3) is 2.05. The highest BCUT2D eigenvalue weighted by Gasteiger charge is 2.19. The van der Waals surface area contributed by atoms with Gasteiger partial charge in [-0.2, -0.15) is 0 Å². The van der Waals surface area contributed by atoms with E-state index >= 15 is 0 Å². The van der Waals surface area contributed by atoms with Gasteiger partial charge in [0.05, 0.1) is 14.2 Å². The van der Waals surface area contributed by atoms with Crippen molar-refractivity contribution in [1.29, 1.82) is 0 Å². The van der Waals surface area contributed by atoms with Gasteiger partial charge in [0.15, 0.2) is 0 Å². The topological polar surface area (TPSA) is 91.8 Å². The molecule has 0 radical (unpaired) electrons. The maximum atomic E-state index is 11.4. The number of nitrogens with one attached hydrogen (secondary N) is 1. The number of hydrogen-bond donors (Lipinski definition) is 3. The quantitative estimate of drug-likeness (QED) is 0.510. The number of rotatable bonds is 3. The molecular formula is C11H12BNO5. The lowest BCUT2D eigenvalue weighted by Crippen LogP contribution is -2.31. The molecule has 0 amide bonds. The summed E-state index contributed by atoms with van der Waals surface area (Å²) in [6, 6.07) is 4.71. The Kier molecular flexibility index (Phi) is 3.27. The molecule has 1 aromatic heterocycles. The van der Waals surface area contributed by atoms with Gasteiger partial charge in [0.2, 0.25) is 0 Å². The van der Waals surface area contributed by atoms with Gasteiger partial charge >= 0.3 is 13.1 Å². The first-order valence-corrected chi connectivity index (χ1v) is 5.22. The summed E-state index contributed by atoms with van der Waals surface area (Å²) in [4.78, 5) is 14.2. The fourth-order valence-corrected chi connectivity index (χ4v) is 1.78. The van der Waals surface area contributed by atoms with E-state index < -0.39 is 13.1 Å². The molecule has 2 aromatic rings. The number of carbonyl (C=O) groups excluding carboxylic acids is 1. The molecule has 0 fully saturated rings. The van der Waals surface area contributed by atoms with Gasteiger partial charge in [-0.25, -0.2) is 4.79 Å². The van der Waals surface area contributed by atoms with Crippen molar-refractivity contribution in [2.45, 2.75) is 0 Å². The van der Waals surface area contributed by atoms with Crippen molar-refractivity contribution in [2.75, 3.05) is 14.2 Å². The van der Waals surface area contributed by atoms with E-state index in [0.29, 0.717) is 22.3 Å². The highest BCUT2D eigenvalue weighted by molar-refractivity contribution is 6.60. The van der Waals surface area contributed by atoms with Crippen LogP contribution >= 0.6 is 0 Å². The standard InChI is InChI=1S/C11H12BNO5/c1-17-10-5-8-6(3-7(10)12(15)16)4-9(13-8)11(14)18-2/h3-5,13,15-16H,1-2H3. The van der Waals surface area contributed by atoms with Crippen molar-refractivity contribution in [3.63, 3.8) is 0 Å². The Balaban J connectivity index is 2.59. The Hall–Kier alpha value is -1.99. The SMILES string of the molecule is COC(=O)c1cc2cc(B(O)O)c(OC)cc2[nH]1. The van der Waals surface area contributed by atoms with E-state index in [0.717, 1.165) is 0 Å². The molecule has 0 aliphatic carbocycles. The fraction of sp³-hybridized carbons (Fsp3) is 0.182. The average Bonchev–Trinajstić information content (AvgIpc) is 2.78. The van der Waals surface area contributed by atoms with Crippen LogP contribution in [0.25, 0.3) is 10.9 Å². The maximum Gasteiger partial charge on any atom is 0.492 e. The zero-order valence-electron chi connectivity index (χ0n) is 9.93. The van der Waals surface area contributed by atoms with Gasteiger partial charge in [-0.05, 0) is 12.1 Å². The van der Waals surface area contributed by atoms with Crippen LogP contribution in [0.1, 0.15) is 10.5 Å². The summed E-state index contributed by atoms with van der Waals surface area (Å²) in [5.74, 6) is -0.160. The molecule has 6 nitrogen and oxygen atoms in total. The molecule has 7 heteroatoms. The molecule has 0 atom stereocenters. The summed E-state index contributed by atoms with van der Waals surface area (Å²) < 4.78 is 9.65. The summed E-state index contributed by atoms with van der Waals surface area (Å²) >= 11 is 0. The van der Waals surface area contributed by atoms with E-state index in [1.165, 1.54) is 14.2 Å². The van der Waals surface area contributed by atoms with Crippen molar-refractivity contribution in [3.05, 3.63) is 23.9 Å². The highest BCUT2D eigenvalue weighted by atomic mass is 16.5. The molecule has 3 N–H and O–H groups in total. The van der Waals surface area contributed by atoms with Gasteiger partial charge < -0.3 is 24.5 Å². The molecule has 1 aromatic carbocycles. The molecule has 2 rings (SSSR count). The van der Waals surface area contributed by atoms with E-state index in [-0.39, 0.29) is 5.46 Å². The summed E-state index contributed by atoms with van der Waals surface area (Å²) in [5.41, 5.74) is 1.18. The zero-order chi connectivity index (χ0) is 13.3. The van der Waals surface area contributed by atoms with Crippen LogP contribution < -0.4 is 10.2 Å². The van der Waals surface area contributed by atoms with E-state index in [1.54, 1.807) is 18.2 Å². The molecule has 0 aliphatic rings. The number of aromatic amines is 1. The highest BCUT2D eigenvalue weighted by Crippen LogP contribution is 2.20. The Labute approximate surface area is 103 Å². The first kappa shape index (κ1) is 12.5. The van der Waals surface area contributed by atoms with Gasteiger partial charge in [-0.1, -0.05) is 0 Å². The number of benzene rings is 1. The van der Waals surface area contributed by atoms with Crippen LogP contribution in [0, 0.1) is 0 Å². The zero-order valence-corrected chi connectivity index (χ0v) is 9.93. The van der Waals surface area contributed by atoms with Crippen LogP contribution in [0.5, 0.6) is 5.75 Å². The molecule has 94 valence electrons. The van der Waals surface area contributed by atoms with Crippen molar-refractivity contribution in [1.82, 2.24) is 4.98 Å². The van der Waals surface area contributed by atoms with E-state index in [9.17, 15) is 14.8 Å². The van der Waals surface area contributed by atoms with Crippen molar-refractivity contribution in [2.24, 2.45) is 0 Å². The van der Waals surface area contributed by atoms with E-state index in [1.807, 2.05) is 0 Å². The molecule has 1 heterocycles. The molecule has 0 spiro atoms. The number of hydrogen-bond acceptors (Lipinski definition) is 5. The number of H-pyrrole nitrogens is 1. The minimum absolute atomic E-state index is 0.236. The number of aromatic nitrogens is 1. The van der Waals surface area contributed by atoms with Gasteiger partial charge in [-0.15, -0.1) is 0 Å². The van der Waals surface area contributed by atoms with E-state index in [4.69, 9.17) is 4.74 Å². The molecule has 18 heavy (non-hydrogen) atoms. The first-order chi connectivity index (χ1) is 8.56. The van der Waals surface area contributed by atoms with Gasteiger partial charge in [0.25, 0.3) is 0 Å². The van der Waals surface area contributed by atoms with Gasteiger partial charge in [0.1, 0.15) is 11.4 Å². The molecule has 0 bridgehead atoms. The maximum absolute atomic E-state index is 11.4. The molecule has 0 saturated carbocycles. The largest absolute Gasteiger partial charge is 0.497 e. The number of methoxy groups -OCH3 is 2. The number of fused-ring (bicyclic) bond motifs is 1. The minimum Gasteiger partial charge on any atom is -0.497 e. The third-order valence-electron chi connectivity index (χ3n) is 2.65. The predicted molar refractivity (Wildman–Crippen MR) is 66.0 cm³/mol. The summed E-state index contributed by atoms with van der Waals surface area (Å²) in [6.07, 6.45) is 0. The Bertz CT molecular complexity index is 592. The van der Waals surface area contributed by atoms with Crippen molar-refractivity contribution >= 4 is 29.5 Å². The average molecular weight is 249 g/mol. The fourth-order valence-electron chi connectivity index (χ4n) is 1.78. The normalized spacial score (nSPS) is 10.4. The molecule has 0 unspecified atom stereocenters. The van der Waals surface area contributed by atoms with Crippen LogP contribution in [-0.4, -0.2) is 42.3 Å². The van der Waals surface area contributed by atoms with E-state index in [2.05, 4.69) is 9.72 Å². The summed E-state index contributed by atoms with van der Waals surface area (Å²) in [5, 5.41) is 19.1. The molecular weight excluding hydrogens is 237 g/mol. The van der Waals surface area contributed by atoms with Crippen LogP contribution in [-0.2, 0) is 4.74 Å². The minimum atomic E-state index is -1.64. The monoisotopic (exact) mass is 249 g/mol. The first-order valence-electron chi connectivity index (χ1n) is 5.22. The lowest BCUT2D eigenvalue weighted by atomic mass is 9.79. The number of esters is 1. The number of carbonyl (C=O) groups is 1. The smallest absolute Gasteiger partial charge is 0.492 e. The second-order valence-corrected chi connectivity index (χ2v) is 3.73. The van der Waals surface area contributed by atoms with Crippen LogP contribution in [0.3, 0.4) is 0 Å². The molecule has 0 aliphatic heterocycles.